The van der Waals surface area contributed by atoms with Crippen molar-refractivity contribution in [2.75, 3.05) is 6.61 Å². The molecule has 0 aliphatic carbocycles. The second-order valence-corrected chi connectivity index (χ2v) is 5.55. The molecule has 0 bridgehead atoms. The van der Waals surface area contributed by atoms with Gasteiger partial charge in [0.05, 0.1) is 6.04 Å². The number of amides is 1. The average Bonchev–Trinajstić information content (AvgIpc) is 3.04. The van der Waals surface area contributed by atoms with Crippen LogP contribution in [0.4, 0.5) is 0 Å². The standard InChI is InChI=1S/C19H18N2O3/c1-13(14-7-3-2-4-8-14)20-18(22)12-24-19(23)17-11-15-9-5-6-10-16(15)21-17/h2-11,13,21H,12H2,1H3,(H,20,22)/t13-/m0/s1. The molecule has 0 saturated carbocycles. The highest BCUT2D eigenvalue weighted by molar-refractivity contribution is 5.95. The van der Waals surface area contributed by atoms with Crippen molar-refractivity contribution in [2.24, 2.45) is 0 Å². The predicted octanol–water partition coefficient (Wildman–Crippen LogP) is 3.20. The van der Waals surface area contributed by atoms with Gasteiger partial charge in [-0.3, -0.25) is 4.79 Å². The first-order valence-electron chi connectivity index (χ1n) is 7.72. The Morgan fingerprint density at radius 2 is 1.79 bits per heavy atom. The molecule has 0 saturated heterocycles. The lowest BCUT2D eigenvalue weighted by Gasteiger charge is -2.14. The van der Waals surface area contributed by atoms with Gasteiger partial charge in [-0.25, -0.2) is 4.79 Å². The molecule has 0 radical (unpaired) electrons. The van der Waals surface area contributed by atoms with Crippen molar-refractivity contribution in [3.05, 3.63) is 71.9 Å². The highest BCUT2D eigenvalue weighted by Crippen LogP contribution is 2.15. The quantitative estimate of drug-likeness (QED) is 0.709. The molecular formula is C19H18N2O3. The van der Waals surface area contributed by atoms with Crippen LogP contribution in [0.1, 0.15) is 29.0 Å². The van der Waals surface area contributed by atoms with Crippen LogP contribution in [-0.2, 0) is 9.53 Å². The van der Waals surface area contributed by atoms with Crippen molar-refractivity contribution in [3.8, 4) is 0 Å². The van der Waals surface area contributed by atoms with Crippen LogP contribution in [0, 0.1) is 0 Å². The normalized spacial score (nSPS) is 11.9. The molecule has 0 aliphatic rings. The summed E-state index contributed by atoms with van der Waals surface area (Å²) in [5.41, 5.74) is 2.18. The van der Waals surface area contributed by atoms with Crippen molar-refractivity contribution < 1.29 is 14.3 Å². The minimum atomic E-state index is -0.547. The summed E-state index contributed by atoms with van der Waals surface area (Å²) in [6.45, 7) is 1.57. The van der Waals surface area contributed by atoms with Gasteiger partial charge in [0, 0.05) is 10.9 Å². The van der Waals surface area contributed by atoms with Gasteiger partial charge < -0.3 is 15.0 Å². The number of H-pyrrole nitrogens is 1. The van der Waals surface area contributed by atoms with Gasteiger partial charge in [0.2, 0.25) is 0 Å². The zero-order valence-electron chi connectivity index (χ0n) is 13.3. The van der Waals surface area contributed by atoms with E-state index in [1.807, 2.05) is 61.5 Å². The minimum absolute atomic E-state index is 0.148. The number of aromatic nitrogens is 1. The second kappa shape index (κ2) is 7.00. The Morgan fingerprint density at radius 1 is 1.08 bits per heavy atom. The van der Waals surface area contributed by atoms with Crippen molar-refractivity contribution in [3.63, 3.8) is 0 Å². The molecule has 1 aromatic heterocycles. The van der Waals surface area contributed by atoms with Crippen molar-refractivity contribution >= 4 is 22.8 Å². The van der Waals surface area contributed by atoms with Crippen LogP contribution >= 0.6 is 0 Å². The summed E-state index contributed by atoms with van der Waals surface area (Å²) >= 11 is 0. The number of carbonyl (C=O) groups excluding carboxylic acids is 2. The zero-order chi connectivity index (χ0) is 16.9. The lowest BCUT2D eigenvalue weighted by Crippen LogP contribution is -2.31. The van der Waals surface area contributed by atoms with Crippen LogP contribution in [0.3, 0.4) is 0 Å². The minimum Gasteiger partial charge on any atom is -0.451 e. The fourth-order valence-corrected chi connectivity index (χ4v) is 2.50. The fourth-order valence-electron chi connectivity index (χ4n) is 2.50. The van der Waals surface area contributed by atoms with Crippen molar-refractivity contribution in [1.82, 2.24) is 10.3 Å². The van der Waals surface area contributed by atoms with Gasteiger partial charge in [0.1, 0.15) is 5.69 Å². The molecule has 2 N–H and O–H groups in total. The number of carbonyl (C=O) groups is 2. The van der Waals surface area contributed by atoms with Gasteiger partial charge in [-0.15, -0.1) is 0 Å². The SMILES string of the molecule is C[C@H](NC(=O)COC(=O)c1cc2ccccc2[nH]1)c1ccccc1. The molecule has 0 unspecified atom stereocenters. The number of hydrogen-bond donors (Lipinski definition) is 2. The number of hydrogen-bond acceptors (Lipinski definition) is 3. The fraction of sp³-hybridized carbons (Fsp3) is 0.158. The van der Waals surface area contributed by atoms with Gasteiger partial charge in [-0.05, 0) is 24.6 Å². The maximum absolute atomic E-state index is 12.0. The molecule has 1 heterocycles. The van der Waals surface area contributed by atoms with E-state index in [2.05, 4.69) is 10.3 Å². The number of para-hydroxylation sites is 1. The largest absolute Gasteiger partial charge is 0.451 e. The third-order valence-electron chi connectivity index (χ3n) is 3.76. The molecule has 0 spiro atoms. The molecule has 3 aromatic rings. The smallest absolute Gasteiger partial charge is 0.355 e. The summed E-state index contributed by atoms with van der Waals surface area (Å²) in [6.07, 6.45) is 0. The van der Waals surface area contributed by atoms with Gasteiger partial charge in [0.25, 0.3) is 5.91 Å². The summed E-state index contributed by atoms with van der Waals surface area (Å²) in [7, 11) is 0. The third kappa shape index (κ3) is 3.63. The Labute approximate surface area is 139 Å². The van der Waals surface area contributed by atoms with Crippen LogP contribution in [0.5, 0.6) is 0 Å². The Kier molecular flexibility index (Phi) is 4.61. The van der Waals surface area contributed by atoms with Crippen LogP contribution in [0.15, 0.2) is 60.7 Å². The van der Waals surface area contributed by atoms with Crippen LogP contribution in [-0.4, -0.2) is 23.5 Å². The van der Waals surface area contributed by atoms with E-state index in [9.17, 15) is 9.59 Å². The molecule has 24 heavy (non-hydrogen) atoms. The van der Waals surface area contributed by atoms with E-state index >= 15 is 0 Å². The van der Waals surface area contributed by atoms with E-state index in [1.54, 1.807) is 6.07 Å². The Bertz CT molecular complexity index is 822. The van der Waals surface area contributed by atoms with Gasteiger partial charge >= 0.3 is 5.97 Å². The third-order valence-corrected chi connectivity index (χ3v) is 3.76. The molecule has 0 aliphatic heterocycles. The first-order valence-corrected chi connectivity index (χ1v) is 7.72. The van der Waals surface area contributed by atoms with Gasteiger partial charge in [-0.1, -0.05) is 48.5 Å². The lowest BCUT2D eigenvalue weighted by molar-refractivity contribution is -0.124. The summed E-state index contributed by atoms with van der Waals surface area (Å²) in [6, 6.07) is 18.7. The number of ether oxygens (including phenoxy) is 1. The highest BCUT2D eigenvalue weighted by atomic mass is 16.5. The summed E-state index contributed by atoms with van der Waals surface area (Å²) in [5.74, 6) is -0.885. The number of esters is 1. The Hall–Kier alpha value is -3.08. The molecule has 0 fully saturated rings. The summed E-state index contributed by atoms with van der Waals surface area (Å²) in [4.78, 5) is 27.0. The maximum atomic E-state index is 12.0. The summed E-state index contributed by atoms with van der Waals surface area (Å²) < 4.78 is 5.07. The highest BCUT2D eigenvalue weighted by Gasteiger charge is 2.14. The predicted molar refractivity (Wildman–Crippen MR) is 91.6 cm³/mol. The van der Waals surface area contributed by atoms with Gasteiger partial charge in [0.15, 0.2) is 6.61 Å². The molecule has 5 nitrogen and oxygen atoms in total. The molecule has 1 atom stereocenters. The molecular weight excluding hydrogens is 304 g/mol. The average molecular weight is 322 g/mol. The number of aromatic amines is 1. The van der Waals surface area contributed by atoms with Gasteiger partial charge in [-0.2, -0.15) is 0 Å². The Balaban J connectivity index is 1.55. The second-order valence-electron chi connectivity index (χ2n) is 5.55. The number of fused-ring (bicyclic) bond motifs is 1. The molecule has 3 rings (SSSR count). The van der Waals surface area contributed by atoms with Crippen LogP contribution in [0.2, 0.25) is 0 Å². The monoisotopic (exact) mass is 322 g/mol. The number of benzene rings is 2. The Morgan fingerprint density at radius 3 is 2.54 bits per heavy atom. The van der Waals surface area contributed by atoms with Crippen LogP contribution in [0.25, 0.3) is 10.9 Å². The van der Waals surface area contributed by atoms with Crippen LogP contribution < -0.4 is 5.32 Å². The molecule has 122 valence electrons. The van der Waals surface area contributed by atoms with E-state index in [-0.39, 0.29) is 18.6 Å². The molecule has 5 heteroatoms. The lowest BCUT2D eigenvalue weighted by atomic mass is 10.1. The maximum Gasteiger partial charge on any atom is 0.355 e. The van der Waals surface area contributed by atoms with E-state index in [4.69, 9.17) is 4.74 Å². The first-order chi connectivity index (χ1) is 11.6. The van der Waals surface area contributed by atoms with E-state index in [0.717, 1.165) is 16.5 Å². The molecule has 2 aromatic carbocycles. The van der Waals surface area contributed by atoms with Crippen molar-refractivity contribution in [2.45, 2.75) is 13.0 Å². The summed E-state index contributed by atoms with van der Waals surface area (Å²) in [5, 5.41) is 3.73. The number of rotatable bonds is 5. The zero-order valence-corrected chi connectivity index (χ0v) is 13.3. The number of nitrogens with one attached hydrogen (secondary N) is 2. The van der Waals surface area contributed by atoms with E-state index in [1.165, 1.54) is 0 Å². The molecule has 1 amide bonds. The van der Waals surface area contributed by atoms with Crippen molar-refractivity contribution in [1.29, 1.82) is 0 Å². The van der Waals surface area contributed by atoms with E-state index in [0.29, 0.717) is 5.69 Å². The first kappa shape index (κ1) is 15.8. The van der Waals surface area contributed by atoms with E-state index < -0.39 is 5.97 Å². The topological polar surface area (TPSA) is 71.2 Å².